The van der Waals surface area contributed by atoms with E-state index in [1.807, 2.05) is 18.2 Å². The van der Waals surface area contributed by atoms with Crippen molar-refractivity contribution in [1.29, 1.82) is 0 Å². The van der Waals surface area contributed by atoms with Crippen molar-refractivity contribution in [2.45, 2.75) is 43.4 Å². The lowest BCUT2D eigenvalue weighted by Gasteiger charge is -2.40. The summed E-state index contributed by atoms with van der Waals surface area (Å²) in [5.41, 5.74) is 2.29. The maximum atomic E-state index is 13.5. The normalized spacial score (nSPS) is 24.6. The van der Waals surface area contributed by atoms with Gasteiger partial charge in [-0.05, 0) is 47.2 Å². The van der Waals surface area contributed by atoms with E-state index in [0.29, 0.717) is 11.6 Å². The predicted octanol–water partition coefficient (Wildman–Crippen LogP) is 3.27. The predicted molar refractivity (Wildman–Crippen MR) is 131 cm³/mol. The molecule has 2 amide bonds. The van der Waals surface area contributed by atoms with Crippen LogP contribution in [-0.4, -0.2) is 48.0 Å². The number of likely N-dealkylation sites (tertiary alicyclic amines) is 1. The van der Waals surface area contributed by atoms with Crippen LogP contribution in [-0.2, 0) is 21.6 Å². The summed E-state index contributed by atoms with van der Waals surface area (Å²) < 4.78 is 0. The Hall–Kier alpha value is -3.22. The van der Waals surface area contributed by atoms with Gasteiger partial charge in [-0.1, -0.05) is 54.6 Å². The summed E-state index contributed by atoms with van der Waals surface area (Å²) in [6.07, 6.45) is 2.43. The van der Waals surface area contributed by atoms with E-state index in [1.54, 1.807) is 11.0 Å². The molecule has 3 aromatic carbocycles. The molecule has 6 heteroatoms. The highest BCUT2D eigenvalue weighted by Crippen LogP contribution is 2.46. The minimum absolute atomic E-state index is 0.00295. The van der Waals surface area contributed by atoms with Crippen molar-refractivity contribution in [3.8, 4) is 0 Å². The molecule has 3 aromatic rings. The van der Waals surface area contributed by atoms with E-state index in [9.17, 15) is 14.7 Å². The lowest BCUT2D eigenvalue weighted by molar-refractivity contribution is -0.143. The van der Waals surface area contributed by atoms with Gasteiger partial charge < -0.3 is 15.3 Å². The molecule has 3 aliphatic rings. The van der Waals surface area contributed by atoms with Crippen LogP contribution in [0.15, 0.2) is 60.7 Å². The molecule has 1 saturated heterocycles. The maximum absolute atomic E-state index is 13.5. The molecule has 174 valence electrons. The number of nitrogens with one attached hydrogen (secondary N) is 1. The molecular formula is C28H29N3O3. The first kappa shape index (κ1) is 21.3. The molecule has 0 saturated carbocycles. The number of amides is 2. The Morgan fingerprint density at radius 3 is 2.56 bits per heavy atom. The van der Waals surface area contributed by atoms with Gasteiger partial charge in [0.25, 0.3) is 5.91 Å². The van der Waals surface area contributed by atoms with E-state index < -0.39 is 5.60 Å². The number of aliphatic hydroxyl groups is 1. The molecule has 0 radical (unpaired) electrons. The number of hydrogen-bond acceptors (Lipinski definition) is 4. The number of rotatable bonds is 4. The zero-order chi connectivity index (χ0) is 23.4. The molecule has 2 aliphatic heterocycles. The quantitative estimate of drug-likeness (QED) is 0.633. The first-order chi connectivity index (χ1) is 16.5. The lowest BCUT2D eigenvalue weighted by Crippen LogP contribution is -2.51. The summed E-state index contributed by atoms with van der Waals surface area (Å²) in [5.74, 6) is -0.730. The molecule has 2 N–H and O–H groups in total. The average Bonchev–Trinajstić information content (AvgIpc) is 3.34. The largest absolute Gasteiger partial charge is 0.375 e. The molecule has 6 nitrogen and oxygen atoms in total. The fourth-order valence-electron chi connectivity index (χ4n) is 6.31. The van der Waals surface area contributed by atoms with Crippen LogP contribution in [0, 0.1) is 0 Å². The van der Waals surface area contributed by atoms with Gasteiger partial charge in [-0.15, -0.1) is 0 Å². The van der Waals surface area contributed by atoms with Gasteiger partial charge in [-0.25, -0.2) is 0 Å². The van der Waals surface area contributed by atoms with Crippen LogP contribution in [0.5, 0.6) is 0 Å². The number of carbonyl (C=O) groups excluding carboxylic acids is 2. The van der Waals surface area contributed by atoms with E-state index in [0.717, 1.165) is 38.0 Å². The van der Waals surface area contributed by atoms with Crippen LogP contribution in [0.1, 0.15) is 42.0 Å². The number of piperidine rings is 1. The maximum Gasteiger partial charge on any atom is 0.264 e. The Morgan fingerprint density at radius 1 is 1.06 bits per heavy atom. The summed E-state index contributed by atoms with van der Waals surface area (Å²) in [6, 6.07) is 20.9. The second-order valence-corrected chi connectivity index (χ2v) is 9.75. The van der Waals surface area contributed by atoms with Gasteiger partial charge in [-0.2, -0.15) is 0 Å². The molecule has 1 aliphatic carbocycles. The highest BCUT2D eigenvalue weighted by molar-refractivity contribution is 6.09. The van der Waals surface area contributed by atoms with E-state index in [-0.39, 0.29) is 24.3 Å². The number of benzene rings is 3. The monoisotopic (exact) mass is 455 g/mol. The Morgan fingerprint density at radius 2 is 1.79 bits per heavy atom. The van der Waals surface area contributed by atoms with Crippen molar-refractivity contribution in [3.63, 3.8) is 0 Å². The lowest BCUT2D eigenvalue weighted by atomic mass is 9.91. The molecule has 0 bridgehead atoms. The number of carbonyl (C=O) groups is 2. The average molecular weight is 456 g/mol. The van der Waals surface area contributed by atoms with Crippen LogP contribution in [0.4, 0.5) is 5.69 Å². The molecule has 2 heterocycles. The fraction of sp³-hybridized carbons (Fsp3) is 0.357. The molecule has 1 unspecified atom stereocenters. The van der Waals surface area contributed by atoms with Crippen molar-refractivity contribution in [3.05, 3.63) is 77.4 Å². The fourth-order valence-corrected chi connectivity index (χ4v) is 6.31. The van der Waals surface area contributed by atoms with Crippen LogP contribution < -0.4 is 10.2 Å². The Balaban J connectivity index is 1.23. The summed E-state index contributed by atoms with van der Waals surface area (Å²) in [5, 5.41) is 16.6. The first-order valence-electron chi connectivity index (χ1n) is 12.1. The zero-order valence-electron chi connectivity index (χ0n) is 19.3. The Kier molecular flexibility index (Phi) is 4.97. The Labute approximate surface area is 199 Å². The van der Waals surface area contributed by atoms with Crippen molar-refractivity contribution in [2.24, 2.45) is 0 Å². The summed E-state index contributed by atoms with van der Waals surface area (Å²) in [6.45, 7) is 1.78. The van der Waals surface area contributed by atoms with Crippen LogP contribution in [0.2, 0.25) is 0 Å². The van der Waals surface area contributed by atoms with Gasteiger partial charge in [0.05, 0.1) is 12.1 Å². The number of para-hydroxylation sites is 1. The van der Waals surface area contributed by atoms with Crippen LogP contribution in [0.3, 0.4) is 0 Å². The van der Waals surface area contributed by atoms with Crippen molar-refractivity contribution in [1.82, 2.24) is 10.2 Å². The molecule has 1 fully saturated rings. The highest BCUT2D eigenvalue weighted by Gasteiger charge is 2.52. The third kappa shape index (κ3) is 3.09. The number of anilines is 1. The van der Waals surface area contributed by atoms with Gasteiger partial charge in [0.2, 0.25) is 5.91 Å². The van der Waals surface area contributed by atoms with E-state index in [1.165, 1.54) is 28.9 Å². The van der Waals surface area contributed by atoms with E-state index in [2.05, 4.69) is 46.6 Å². The standard InChI is InChI=1S/C28H29N3O3/c1-29-25(32)17-28(34)22-10-2-3-11-23(22)31(27(28)33)20-12-14-30(15-13-20)24-16-19-8-4-6-18-7-5-9-21(24)26(18)19/h2-11,20,24,34H,12-17H2,1H3,(H,29,32)/t24?,28-/m0/s1. The molecule has 34 heavy (non-hydrogen) atoms. The smallest absolute Gasteiger partial charge is 0.264 e. The first-order valence-corrected chi connectivity index (χ1v) is 12.1. The van der Waals surface area contributed by atoms with Gasteiger partial charge in [0.15, 0.2) is 5.60 Å². The van der Waals surface area contributed by atoms with Gasteiger partial charge >= 0.3 is 0 Å². The van der Waals surface area contributed by atoms with E-state index in [4.69, 9.17) is 0 Å². The molecular weight excluding hydrogens is 426 g/mol. The molecule has 6 rings (SSSR count). The van der Waals surface area contributed by atoms with Gasteiger partial charge in [-0.3, -0.25) is 14.5 Å². The van der Waals surface area contributed by atoms with E-state index >= 15 is 0 Å². The van der Waals surface area contributed by atoms with Crippen molar-refractivity contribution >= 4 is 28.3 Å². The molecule has 0 spiro atoms. The topological polar surface area (TPSA) is 72.9 Å². The SMILES string of the molecule is CNC(=O)C[C@@]1(O)C(=O)N(C2CCN(C3Cc4cccc5cccc3c45)CC2)c2ccccc21. The minimum atomic E-state index is -1.81. The Bertz CT molecular complexity index is 1290. The van der Waals surface area contributed by atoms with Crippen molar-refractivity contribution < 1.29 is 14.7 Å². The van der Waals surface area contributed by atoms with Gasteiger partial charge in [0, 0.05) is 37.8 Å². The zero-order valence-corrected chi connectivity index (χ0v) is 19.3. The highest BCUT2D eigenvalue weighted by atomic mass is 16.3. The second-order valence-electron chi connectivity index (χ2n) is 9.75. The third-order valence-electron chi connectivity index (χ3n) is 7.98. The van der Waals surface area contributed by atoms with Crippen molar-refractivity contribution in [2.75, 3.05) is 25.0 Å². The number of nitrogens with zero attached hydrogens (tertiary/aromatic N) is 2. The second kappa shape index (κ2) is 7.93. The van der Waals surface area contributed by atoms with Gasteiger partial charge in [0.1, 0.15) is 0 Å². The summed E-state index contributed by atoms with van der Waals surface area (Å²) in [7, 11) is 1.52. The minimum Gasteiger partial charge on any atom is -0.375 e. The summed E-state index contributed by atoms with van der Waals surface area (Å²) >= 11 is 0. The van der Waals surface area contributed by atoms with Crippen LogP contribution >= 0.6 is 0 Å². The van der Waals surface area contributed by atoms with Crippen LogP contribution in [0.25, 0.3) is 10.8 Å². The summed E-state index contributed by atoms with van der Waals surface area (Å²) in [4.78, 5) is 30.0. The number of fused-ring (bicyclic) bond motifs is 1. The molecule has 0 aromatic heterocycles. The number of hydrogen-bond donors (Lipinski definition) is 2. The third-order valence-corrected chi connectivity index (χ3v) is 7.98. The molecule has 2 atom stereocenters.